The van der Waals surface area contributed by atoms with E-state index in [1.807, 2.05) is 11.6 Å². The van der Waals surface area contributed by atoms with E-state index >= 15 is 0 Å². The van der Waals surface area contributed by atoms with Crippen molar-refractivity contribution < 1.29 is 4.74 Å². The van der Waals surface area contributed by atoms with E-state index in [1.165, 1.54) is 12.8 Å². The van der Waals surface area contributed by atoms with E-state index in [1.54, 1.807) is 11.8 Å². The van der Waals surface area contributed by atoms with Crippen molar-refractivity contribution in [2.75, 3.05) is 25.5 Å². The molecule has 0 aliphatic carbocycles. The lowest BCUT2D eigenvalue weighted by atomic mass is 10.1. The first-order valence-electron chi connectivity index (χ1n) is 6.10. The third-order valence-electron chi connectivity index (χ3n) is 3.00. The minimum Gasteiger partial charge on any atom is -0.381 e. The first-order valence-corrected chi connectivity index (χ1v) is 7.08. The van der Waals surface area contributed by atoms with Crippen molar-refractivity contribution in [1.82, 2.24) is 14.8 Å². The molecular weight excluding hydrogens is 236 g/mol. The van der Waals surface area contributed by atoms with E-state index in [-0.39, 0.29) is 0 Å². The Morgan fingerprint density at radius 1 is 1.53 bits per heavy atom. The smallest absolute Gasteiger partial charge is 0.190 e. The summed E-state index contributed by atoms with van der Waals surface area (Å²) in [6, 6.07) is 0. The average Bonchev–Trinajstić information content (AvgIpc) is 2.70. The lowest BCUT2D eigenvalue weighted by Crippen LogP contribution is -2.19. The molecule has 1 aromatic rings. The maximum atomic E-state index is 5.53. The molecule has 0 aromatic carbocycles. The predicted molar refractivity (Wildman–Crippen MR) is 68.0 cm³/mol. The second-order valence-electron chi connectivity index (χ2n) is 4.39. The van der Waals surface area contributed by atoms with E-state index in [9.17, 15) is 0 Å². The van der Waals surface area contributed by atoms with Gasteiger partial charge in [-0.1, -0.05) is 11.8 Å². The number of aromatic nitrogens is 3. The molecule has 1 aliphatic rings. The van der Waals surface area contributed by atoms with Gasteiger partial charge in [0.05, 0.1) is 6.61 Å². The summed E-state index contributed by atoms with van der Waals surface area (Å²) in [5.74, 6) is 2.69. The Hall–Kier alpha value is -0.590. The Balaban J connectivity index is 1.85. The van der Waals surface area contributed by atoms with E-state index in [2.05, 4.69) is 10.2 Å². The molecule has 6 heteroatoms. The fourth-order valence-corrected chi connectivity index (χ4v) is 2.99. The van der Waals surface area contributed by atoms with Crippen molar-refractivity contribution in [3.05, 3.63) is 5.82 Å². The molecule has 96 valence electrons. The molecule has 2 N–H and O–H groups in total. The Labute approximate surface area is 106 Å². The Morgan fingerprint density at radius 3 is 3.12 bits per heavy atom. The number of thioether (sulfide) groups is 1. The van der Waals surface area contributed by atoms with Crippen LogP contribution < -0.4 is 5.73 Å². The van der Waals surface area contributed by atoms with Crippen molar-refractivity contribution >= 4 is 11.8 Å². The highest BCUT2D eigenvalue weighted by molar-refractivity contribution is 7.99. The number of ether oxygens (including phenoxy) is 1. The van der Waals surface area contributed by atoms with Crippen LogP contribution in [0.3, 0.4) is 0 Å². The van der Waals surface area contributed by atoms with Crippen LogP contribution in [0.25, 0.3) is 0 Å². The molecule has 0 amide bonds. The van der Waals surface area contributed by atoms with Crippen molar-refractivity contribution in [1.29, 1.82) is 0 Å². The zero-order valence-electron chi connectivity index (χ0n) is 10.3. The van der Waals surface area contributed by atoms with E-state index in [0.717, 1.165) is 36.4 Å². The van der Waals surface area contributed by atoms with Gasteiger partial charge in [0, 0.05) is 25.8 Å². The summed E-state index contributed by atoms with van der Waals surface area (Å²) in [6.45, 7) is 2.43. The summed E-state index contributed by atoms with van der Waals surface area (Å²) in [5, 5.41) is 9.33. The maximum Gasteiger partial charge on any atom is 0.190 e. The van der Waals surface area contributed by atoms with Crippen LogP contribution >= 0.6 is 11.8 Å². The second-order valence-corrected chi connectivity index (χ2v) is 5.38. The predicted octanol–water partition coefficient (Wildman–Crippen LogP) is 0.835. The van der Waals surface area contributed by atoms with Crippen LogP contribution in [0.5, 0.6) is 0 Å². The first-order chi connectivity index (χ1) is 8.31. The number of rotatable bonds is 5. The third kappa shape index (κ3) is 3.43. The quantitative estimate of drug-likeness (QED) is 0.791. The molecule has 0 radical (unpaired) electrons. The summed E-state index contributed by atoms with van der Waals surface area (Å²) in [5.41, 5.74) is 5.53. The number of hydrogen-bond donors (Lipinski definition) is 1. The molecule has 2 heterocycles. The Kier molecular flexibility index (Phi) is 4.82. The summed E-state index contributed by atoms with van der Waals surface area (Å²) in [6.07, 6.45) is 3.24. The maximum absolute atomic E-state index is 5.53. The van der Waals surface area contributed by atoms with Crippen LogP contribution in [0.15, 0.2) is 5.16 Å². The van der Waals surface area contributed by atoms with Crippen molar-refractivity contribution in [2.24, 2.45) is 18.7 Å². The third-order valence-corrected chi connectivity index (χ3v) is 4.25. The van der Waals surface area contributed by atoms with Gasteiger partial charge in [0.15, 0.2) is 5.16 Å². The fourth-order valence-electron chi connectivity index (χ4n) is 1.95. The number of nitrogens with two attached hydrogens (primary N) is 1. The van der Waals surface area contributed by atoms with Crippen molar-refractivity contribution in [2.45, 2.75) is 24.4 Å². The average molecular weight is 256 g/mol. The molecule has 1 saturated heterocycles. The molecule has 5 nitrogen and oxygen atoms in total. The summed E-state index contributed by atoms with van der Waals surface area (Å²) in [7, 11) is 2.00. The molecule has 0 unspecified atom stereocenters. The standard InChI is InChI=1S/C11H20N4OS/c1-15-10(4-5-12)13-14-11(15)17-8-9-3-2-6-16-7-9/h9H,2-8,12H2,1H3/t9-/m0/s1. The lowest BCUT2D eigenvalue weighted by Gasteiger charge is -2.21. The van der Waals surface area contributed by atoms with Crippen LogP contribution in [-0.4, -0.2) is 40.3 Å². The molecule has 1 aliphatic heterocycles. The molecular formula is C11H20N4OS. The van der Waals surface area contributed by atoms with E-state index in [0.29, 0.717) is 12.5 Å². The highest BCUT2D eigenvalue weighted by atomic mass is 32.2. The van der Waals surface area contributed by atoms with E-state index < -0.39 is 0 Å². The van der Waals surface area contributed by atoms with Gasteiger partial charge in [-0.15, -0.1) is 10.2 Å². The molecule has 1 atom stereocenters. The fraction of sp³-hybridized carbons (Fsp3) is 0.818. The van der Waals surface area contributed by atoms with Gasteiger partial charge in [-0.3, -0.25) is 0 Å². The highest BCUT2D eigenvalue weighted by Crippen LogP contribution is 2.23. The first kappa shape index (κ1) is 12.9. The molecule has 1 aromatic heterocycles. The molecule has 0 spiro atoms. The van der Waals surface area contributed by atoms with Crippen LogP contribution in [-0.2, 0) is 18.2 Å². The molecule has 2 rings (SSSR count). The van der Waals surface area contributed by atoms with Crippen molar-refractivity contribution in [3.63, 3.8) is 0 Å². The van der Waals surface area contributed by atoms with Gasteiger partial charge in [-0.05, 0) is 25.3 Å². The summed E-state index contributed by atoms with van der Waals surface area (Å²) in [4.78, 5) is 0. The monoisotopic (exact) mass is 256 g/mol. The van der Waals surface area contributed by atoms with Crippen LogP contribution in [0.1, 0.15) is 18.7 Å². The zero-order valence-corrected chi connectivity index (χ0v) is 11.1. The molecule has 0 bridgehead atoms. The second kappa shape index (κ2) is 6.37. The summed E-state index contributed by atoms with van der Waals surface area (Å²) < 4.78 is 7.51. The Bertz CT molecular complexity index is 349. The highest BCUT2D eigenvalue weighted by Gasteiger charge is 2.16. The van der Waals surface area contributed by atoms with Crippen LogP contribution in [0, 0.1) is 5.92 Å². The van der Waals surface area contributed by atoms with Gasteiger partial charge < -0.3 is 15.0 Å². The molecule has 17 heavy (non-hydrogen) atoms. The topological polar surface area (TPSA) is 66.0 Å². The van der Waals surface area contributed by atoms with E-state index in [4.69, 9.17) is 10.5 Å². The van der Waals surface area contributed by atoms with Gasteiger partial charge in [0.25, 0.3) is 0 Å². The summed E-state index contributed by atoms with van der Waals surface area (Å²) >= 11 is 1.77. The van der Waals surface area contributed by atoms with Gasteiger partial charge in [-0.25, -0.2) is 0 Å². The normalized spacial score (nSPS) is 20.7. The minimum absolute atomic E-state index is 0.618. The van der Waals surface area contributed by atoms with Gasteiger partial charge in [0.2, 0.25) is 0 Å². The molecule has 1 fully saturated rings. The largest absolute Gasteiger partial charge is 0.381 e. The van der Waals surface area contributed by atoms with Gasteiger partial charge >= 0.3 is 0 Å². The molecule has 0 saturated carbocycles. The van der Waals surface area contributed by atoms with Crippen LogP contribution in [0.2, 0.25) is 0 Å². The lowest BCUT2D eigenvalue weighted by molar-refractivity contribution is 0.0632. The van der Waals surface area contributed by atoms with Crippen LogP contribution in [0.4, 0.5) is 0 Å². The minimum atomic E-state index is 0.618. The SMILES string of the molecule is Cn1c(CCN)nnc1SC[C@H]1CCCOC1. The number of nitrogens with zero attached hydrogens (tertiary/aromatic N) is 3. The number of hydrogen-bond acceptors (Lipinski definition) is 5. The van der Waals surface area contributed by atoms with Gasteiger partial charge in [-0.2, -0.15) is 0 Å². The zero-order chi connectivity index (χ0) is 12.1. The van der Waals surface area contributed by atoms with Gasteiger partial charge in [0.1, 0.15) is 5.82 Å². The van der Waals surface area contributed by atoms with Crippen molar-refractivity contribution in [3.8, 4) is 0 Å². The Morgan fingerprint density at radius 2 is 2.41 bits per heavy atom.